The maximum atomic E-state index is 11.3. The fourth-order valence-electron chi connectivity index (χ4n) is 2.54. The molecule has 1 aliphatic rings. The van der Waals surface area contributed by atoms with Crippen molar-refractivity contribution in [1.29, 1.82) is 0 Å². The molecule has 24 heavy (non-hydrogen) atoms. The summed E-state index contributed by atoms with van der Waals surface area (Å²) in [6.07, 6.45) is 1.59. The summed E-state index contributed by atoms with van der Waals surface area (Å²) in [6.45, 7) is 1.23. The molecule has 3 aromatic rings. The summed E-state index contributed by atoms with van der Waals surface area (Å²) >= 11 is 7.39. The van der Waals surface area contributed by atoms with Gasteiger partial charge < -0.3 is 15.0 Å². The minimum atomic E-state index is -0.297. The Morgan fingerprint density at radius 3 is 2.79 bits per heavy atom. The van der Waals surface area contributed by atoms with Gasteiger partial charge in [0.1, 0.15) is 0 Å². The van der Waals surface area contributed by atoms with E-state index in [4.69, 9.17) is 11.6 Å². The van der Waals surface area contributed by atoms with Gasteiger partial charge in [0.25, 0.3) is 0 Å². The number of ether oxygens (including phenoxy) is 1. The van der Waals surface area contributed by atoms with E-state index in [0.29, 0.717) is 18.1 Å². The number of carbonyl (C=O) groups is 1. The van der Waals surface area contributed by atoms with Gasteiger partial charge >= 0.3 is 6.09 Å². The van der Waals surface area contributed by atoms with Crippen LogP contribution in [-0.2, 0) is 4.74 Å². The maximum Gasteiger partial charge on any atom is 0.409 e. The van der Waals surface area contributed by atoms with Gasteiger partial charge in [-0.25, -0.2) is 14.3 Å². The van der Waals surface area contributed by atoms with Crippen LogP contribution in [0.15, 0.2) is 30.5 Å². The molecule has 4 rings (SSSR count). The van der Waals surface area contributed by atoms with E-state index in [2.05, 4.69) is 20.1 Å². The lowest BCUT2D eigenvalue weighted by Gasteiger charge is -2.37. The Hall–Kier alpha value is -2.32. The zero-order valence-corrected chi connectivity index (χ0v) is 14.3. The molecule has 1 saturated heterocycles. The third-order valence-corrected chi connectivity index (χ3v) is 4.93. The van der Waals surface area contributed by atoms with Gasteiger partial charge in [0.2, 0.25) is 10.1 Å². The first kappa shape index (κ1) is 15.2. The van der Waals surface area contributed by atoms with Crippen molar-refractivity contribution in [3.8, 4) is 11.3 Å². The van der Waals surface area contributed by atoms with Crippen molar-refractivity contribution in [3.63, 3.8) is 0 Å². The Bertz CT molecular complexity index is 854. The number of carbonyl (C=O) groups excluding carboxylic acids is 1. The molecule has 0 aliphatic carbocycles. The molecule has 3 heterocycles. The normalized spacial score (nSPS) is 14.7. The third-order valence-electron chi connectivity index (χ3n) is 3.83. The molecule has 0 bridgehead atoms. The lowest BCUT2D eigenvalue weighted by Crippen LogP contribution is -2.56. The molecule has 9 heteroatoms. The number of hydrogen-bond acceptors (Lipinski definition) is 6. The molecular weight excluding hydrogens is 350 g/mol. The number of rotatable bonds is 3. The van der Waals surface area contributed by atoms with Crippen LogP contribution < -0.4 is 5.32 Å². The van der Waals surface area contributed by atoms with E-state index < -0.39 is 0 Å². The van der Waals surface area contributed by atoms with Crippen molar-refractivity contribution < 1.29 is 9.53 Å². The molecule has 1 aromatic carbocycles. The number of aromatic nitrogens is 3. The van der Waals surface area contributed by atoms with Crippen molar-refractivity contribution in [1.82, 2.24) is 19.5 Å². The van der Waals surface area contributed by atoms with Crippen LogP contribution in [0.1, 0.15) is 0 Å². The number of anilines is 1. The highest BCUT2D eigenvalue weighted by Crippen LogP contribution is 2.26. The number of nitrogens with one attached hydrogen (secondary N) is 1. The highest BCUT2D eigenvalue weighted by molar-refractivity contribution is 7.20. The number of imidazole rings is 1. The highest BCUT2D eigenvalue weighted by Gasteiger charge is 2.31. The van der Waals surface area contributed by atoms with Gasteiger partial charge in [-0.3, -0.25) is 0 Å². The van der Waals surface area contributed by atoms with E-state index in [-0.39, 0.29) is 12.1 Å². The summed E-state index contributed by atoms with van der Waals surface area (Å²) in [5, 5.41) is 9.28. The summed E-state index contributed by atoms with van der Waals surface area (Å²) in [6, 6.07) is 7.74. The van der Waals surface area contributed by atoms with E-state index in [0.717, 1.165) is 21.3 Å². The third kappa shape index (κ3) is 2.78. The van der Waals surface area contributed by atoms with Crippen LogP contribution in [0.5, 0.6) is 0 Å². The number of benzene rings is 1. The second-order valence-electron chi connectivity index (χ2n) is 5.48. The summed E-state index contributed by atoms with van der Waals surface area (Å²) in [4.78, 5) is 18.4. The molecule has 1 amide bonds. The first-order valence-corrected chi connectivity index (χ1v) is 8.53. The molecule has 2 aromatic heterocycles. The van der Waals surface area contributed by atoms with Gasteiger partial charge in [0.05, 0.1) is 25.0 Å². The lowest BCUT2D eigenvalue weighted by molar-refractivity contribution is 0.0930. The average Bonchev–Trinajstić information content (AvgIpc) is 3.08. The molecule has 1 aliphatic heterocycles. The molecule has 0 spiro atoms. The quantitative estimate of drug-likeness (QED) is 0.774. The van der Waals surface area contributed by atoms with E-state index in [1.54, 1.807) is 9.42 Å². The Labute approximate surface area is 146 Å². The zero-order valence-electron chi connectivity index (χ0n) is 12.8. The van der Waals surface area contributed by atoms with Crippen molar-refractivity contribution in [3.05, 3.63) is 35.5 Å². The maximum absolute atomic E-state index is 11.3. The predicted octanol–water partition coefficient (Wildman–Crippen LogP) is 2.97. The van der Waals surface area contributed by atoms with Gasteiger partial charge in [0.15, 0.2) is 0 Å². The van der Waals surface area contributed by atoms with Gasteiger partial charge in [-0.2, -0.15) is 0 Å². The minimum Gasteiger partial charge on any atom is -0.453 e. The number of fused-ring (bicyclic) bond motifs is 1. The second kappa shape index (κ2) is 5.95. The van der Waals surface area contributed by atoms with Crippen LogP contribution in [0.3, 0.4) is 0 Å². The molecule has 0 saturated carbocycles. The second-order valence-corrected chi connectivity index (χ2v) is 6.88. The molecular formula is C15H14ClN5O2S. The Morgan fingerprint density at radius 1 is 1.38 bits per heavy atom. The van der Waals surface area contributed by atoms with Crippen LogP contribution in [0, 0.1) is 0 Å². The van der Waals surface area contributed by atoms with E-state index in [9.17, 15) is 4.79 Å². The van der Waals surface area contributed by atoms with Gasteiger partial charge in [0, 0.05) is 23.7 Å². The zero-order chi connectivity index (χ0) is 16.7. The van der Waals surface area contributed by atoms with Crippen LogP contribution in [-0.4, -0.2) is 51.8 Å². The number of halogens is 1. The monoisotopic (exact) mass is 363 g/mol. The highest BCUT2D eigenvalue weighted by atomic mass is 35.5. The van der Waals surface area contributed by atoms with Crippen molar-refractivity contribution in [2.45, 2.75) is 6.04 Å². The number of amides is 1. The predicted molar refractivity (Wildman–Crippen MR) is 92.7 cm³/mol. The fourth-order valence-corrected chi connectivity index (χ4v) is 3.53. The first-order valence-electron chi connectivity index (χ1n) is 7.34. The molecule has 0 radical (unpaired) electrons. The first-order chi connectivity index (χ1) is 11.6. The number of likely N-dealkylation sites (tertiary alicyclic amines) is 1. The smallest absolute Gasteiger partial charge is 0.409 e. The molecule has 1 N–H and O–H groups in total. The van der Waals surface area contributed by atoms with Gasteiger partial charge in [-0.05, 0) is 12.1 Å². The number of methoxy groups -OCH3 is 1. The van der Waals surface area contributed by atoms with Crippen LogP contribution >= 0.6 is 22.9 Å². The van der Waals surface area contributed by atoms with Gasteiger partial charge in [-0.15, -0.1) is 5.10 Å². The summed E-state index contributed by atoms with van der Waals surface area (Å²) in [5.74, 6) is 0. The van der Waals surface area contributed by atoms with E-state index in [1.165, 1.54) is 18.4 Å². The topological polar surface area (TPSA) is 71.8 Å². The van der Waals surface area contributed by atoms with Gasteiger partial charge in [-0.1, -0.05) is 35.1 Å². The van der Waals surface area contributed by atoms with Crippen LogP contribution in [0.2, 0.25) is 5.02 Å². The minimum absolute atomic E-state index is 0.190. The fraction of sp³-hybridized carbons (Fsp3) is 0.267. The van der Waals surface area contributed by atoms with Crippen molar-refractivity contribution in [2.75, 3.05) is 25.5 Å². The molecule has 124 valence electrons. The standard InChI is InChI=1S/C15H14ClN5O2S/c1-23-15(22)20-6-11(7-20)17-13-19-21-8-12(18-14(21)24-13)9-2-4-10(16)5-3-9/h2-5,8,11H,6-7H2,1H3,(H,17,19). The van der Waals surface area contributed by atoms with Crippen molar-refractivity contribution in [2.24, 2.45) is 0 Å². The molecule has 7 nitrogen and oxygen atoms in total. The SMILES string of the molecule is COC(=O)N1CC(Nc2nn3cc(-c4ccc(Cl)cc4)nc3s2)C1. The summed E-state index contributed by atoms with van der Waals surface area (Å²) < 4.78 is 6.43. The van der Waals surface area contributed by atoms with Crippen LogP contribution in [0.25, 0.3) is 16.2 Å². The van der Waals surface area contributed by atoms with Crippen LogP contribution in [0.4, 0.5) is 9.93 Å². The summed E-state index contributed by atoms with van der Waals surface area (Å²) in [7, 11) is 1.39. The average molecular weight is 364 g/mol. The Balaban J connectivity index is 1.45. The van der Waals surface area contributed by atoms with Crippen molar-refractivity contribution >= 4 is 39.1 Å². The molecule has 1 fully saturated rings. The largest absolute Gasteiger partial charge is 0.453 e. The molecule has 0 unspecified atom stereocenters. The molecule has 0 atom stereocenters. The van der Waals surface area contributed by atoms with E-state index >= 15 is 0 Å². The Morgan fingerprint density at radius 2 is 2.12 bits per heavy atom. The lowest BCUT2D eigenvalue weighted by atomic mass is 10.1. The van der Waals surface area contributed by atoms with E-state index in [1.807, 2.05) is 30.5 Å². The Kier molecular flexibility index (Phi) is 3.78. The summed E-state index contributed by atoms with van der Waals surface area (Å²) in [5.41, 5.74) is 1.86. The number of hydrogen-bond donors (Lipinski definition) is 1. The number of nitrogens with zero attached hydrogens (tertiary/aromatic N) is 4.